The van der Waals surface area contributed by atoms with Crippen LogP contribution in [0.5, 0.6) is 0 Å². The van der Waals surface area contributed by atoms with Gasteiger partial charge in [-0.05, 0) is 24.1 Å². The first-order chi connectivity index (χ1) is 5.27. The third-order valence-corrected chi connectivity index (χ3v) is 1.63. The summed E-state index contributed by atoms with van der Waals surface area (Å²) in [6.07, 6.45) is 3.63. The molecular formula is C9H12N2. The second-order valence-electron chi connectivity index (χ2n) is 2.44. The molecule has 0 bridgehead atoms. The van der Waals surface area contributed by atoms with Crippen LogP contribution in [-0.4, -0.2) is 4.98 Å². The zero-order valence-corrected chi connectivity index (χ0v) is 6.67. The van der Waals surface area contributed by atoms with Crippen molar-refractivity contribution in [2.75, 3.05) is 0 Å². The largest absolute Gasteiger partial charge is 0.325 e. The lowest BCUT2D eigenvalue weighted by Crippen LogP contribution is -2.00. The Kier molecular flexibility index (Phi) is 2.39. The predicted molar refractivity (Wildman–Crippen MR) is 47.0 cm³/mol. The Bertz CT molecular complexity index is 266. The third kappa shape index (κ3) is 1.65. The molecule has 0 amide bonds. The molecule has 1 rings (SSSR count). The maximum absolute atomic E-state index is 5.43. The van der Waals surface area contributed by atoms with E-state index in [4.69, 9.17) is 5.73 Å². The molecule has 0 saturated carbocycles. The van der Waals surface area contributed by atoms with Crippen LogP contribution in [0.15, 0.2) is 18.8 Å². The number of aryl methyl sites for hydroxylation is 1. The molecule has 11 heavy (non-hydrogen) atoms. The van der Waals surface area contributed by atoms with Crippen molar-refractivity contribution in [2.24, 2.45) is 5.73 Å². The lowest BCUT2D eigenvalue weighted by Gasteiger charge is -2.01. The Morgan fingerprint density at radius 1 is 1.73 bits per heavy atom. The molecule has 2 heteroatoms. The van der Waals surface area contributed by atoms with E-state index < -0.39 is 0 Å². The van der Waals surface area contributed by atoms with Gasteiger partial charge in [-0.25, -0.2) is 0 Å². The molecule has 0 unspecified atom stereocenters. The lowest BCUT2D eigenvalue weighted by molar-refractivity contribution is 0.982. The van der Waals surface area contributed by atoms with Crippen LogP contribution < -0.4 is 5.73 Å². The first-order valence-electron chi connectivity index (χ1n) is 3.56. The Hall–Kier alpha value is -1.15. The molecule has 0 fully saturated rings. The Morgan fingerprint density at radius 3 is 3.00 bits per heavy atom. The molecule has 0 aliphatic rings. The zero-order valence-electron chi connectivity index (χ0n) is 6.67. The van der Waals surface area contributed by atoms with Crippen LogP contribution in [0.3, 0.4) is 0 Å². The van der Waals surface area contributed by atoms with Gasteiger partial charge in [0.15, 0.2) is 0 Å². The summed E-state index contributed by atoms with van der Waals surface area (Å²) in [4.78, 5) is 4.13. The van der Waals surface area contributed by atoms with Gasteiger partial charge in [0.25, 0.3) is 0 Å². The van der Waals surface area contributed by atoms with E-state index in [1.807, 2.05) is 25.3 Å². The Morgan fingerprint density at radius 2 is 2.45 bits per heavy atom. The molecule has 0 aromatic carbocycles. The van der Waals surface area contributed by atoms with Crippen molar-refractivity contribution in [3.63, 3.8) is 0 Å². The first kappa shape index (κ1) is 7.95. The van der Waals surface area contributed by atoms with Gasteiger partial charge >= 0.3 is 0 Å². The van der Waals surface area contributed by atoms with Crippen LogP contribution in [0.1, 0.15) is 16.8 Å². The van der Waals surface area contributed by atoms with Gasteiger partial charge in [-0.2, -0.15) is 0 Å². The maximum atomic E-state index is 5.43. The molecule has 1 aromatic heterocycles. The van der Waals surface area contributed by atoms with Crippen LogP contribution in [0.2, 0.25) is 0 Å². The zero-order chi connectivity index (χ0) is 8.27. The van der Waals surface area contributed by atoms with E-state index in [-0.39, 0.29) is 0 Å². The summed E-state index contributed by atoms with van der Waals surface area (Å²) in [5, 5.41) is 0. The second kappa shape index (κ2) is 3.30. The molecule has 0 atom stereocenters. The Labute approximate surface area is 66.8 Å². The smallest absolute Gasteiger partial charge is 0.0545 e. The van der Waals surface area contributed by atoms with Crippen molar-refractivity contribution in [3.8, 4) is 0 Å². The van der Waals surface area contributed by atoms with Crippen molar-refractivity contribution >= 4 is 6.08 Å². The topological polar surface area (TPSA) is 38.9 Å². The van der Waals surface area contributed by atoms with E-state index in [1.54, 1.807) is 0 Å². The molecule has 2 N–H and O–H groups in total. The quantitative estimate of drug-likeness (QED) is 0.690. The number of rotatable bonds is 2. The van der Waals surface area contributed by atoms with E-state index in [9.17, 15) is 0 Å². The SMILES string of the molecule is C=Cc1cc(CN)ncc1C. The summed E-state index contributed by atoms with van der Waals surface area (Å²) >= 11 is 0. The van der Waals surface area contributed by atoms with Gasteiger partial charge in [0, 0.05) is 12.7 Å². The Balaban J connectivity index is 3.12. The van der Waals surface area contributed by atoms with Crippen molar-refractivity contribution < 1.29 is 0 Å². The number of nitrogens with zero attached hydrogens (tertiary/aromatic N) is 1. The summed E-state index contributed by atoms with van der Waals surface area (Å²) in [5.41, 5.74) is 8.58. The van der Waals surface area contributed by atoms with Crippen molar-refractivity contribution in [2.45, 2.75) is 13.5 Å². The lowest BCUT2D eigenvalue weighted by atomic mass is 10.1. The van der Waals surface area contributed by atoms with Crippen LogP contribution >= 0.6 is 0 Å². The molecule has 0 aliphatic carbocycles. The molecule has 1 aromatic rings. The van der Waals surface area contributed by atoms with Crippen molar-refractivity contribution in [1.82, 2.24) is 4.98 Å². The highest BCUT2D eigenvalue weighted by Gasteiger charge is 1.95. The molecule has 1 heterocycles. The predicted octanol–water partition coefficient (Wildman–Crippen LogP) is 1.49. The standard InChI is InChI=1S/C9H12N2/c1-3-8-4-9(5-10)11-6-7(8)2/h3-4,6H,1,5,10H2,2H3. The monoisotopic (exact) mass is 148 g/mol. The summed E-state index contributed by atoms with van der Waals surface area (Å²) in [6, 6.07) is 1.96. The number of hydrogen-bond acceptors (Lipinski definition) is 2. The average molecular weight is 148 g/mol. The fraction of sp³-hybridized carbons (Fsp3) is 0.222. The molecule has 58 valence electrons. The third-order valence-electron chi connectivity index (χ3n) is 1.63. The van der Waals surface area contributed by atoms with Crippen LogP contribution in [-0.2, 0) is 6.54 Å². The summed E-state index contributed by atoms with van der Waals surface area (Å²) in [7, 11) is 0. The van der Waals surface area contributed by atoms with Crippen LogP contribution in [0.4, 0.5) is 0 Å². The van der Waals surface area contributed by atoms with Gasteiger partial charge in [-0.3, -0.25) is 4.98 Å². The van der Waals surface area contributed by atoms with Gasteiger partial charge in [0.05, 0.1) is 5.69 Å². The highest BCUT2D eigenvalue weighted by atomic mass is 14.7. The van der Waals surface area contributed by atoms with Crippen molar-refractivity contribution in [1.29, 1.82) is 0 Å². The van der Waals surface area contributed by atoms with E-state index in [2.05, 4.69) is 11.6 Å². The maximum Gasteiger partial charge on any atom is 0.0545 e. The normalized spacial score (nSPS) is 9.64. The van der Waals surface area contributed by atoms with E-state index in [0.29, 0.717) is 6.54 Å². The van der Waals surface area contributed by atoms with Gasteiger partial charge in [0.2, 0.25) is 0 Å². The summed E-state index contributed by atoms with van der Waals surface area (Å²) in [6.45, 7) is 6.19. The van der Waals surface area contributed by atoms with E-state index in [0.717, 1.165) is 16.8 Å². The minimum absolute atomic E-state index is 0.487. The van der Waals surface area contributed by atoms with Gasteiger partial charge in [-0.1, -0.05) is 12.7 Å². The first-order valence-corrected chi connectivity index (χ1v) is 3.56. The molecule has 0 aliphatic heterocycles. The highest BCUT2D eigenvalue weighted by molar-refractivity contribution is 5.51. The second-order valence-corrected chi connectivity index (χ2v) is 2.44. The van der Waals surface area contributed by atoms with Gasteiger partial charge < -0.3 is 5.73 Å². The van der Waals surface area contributed by atoms with Crippen LogP contribution in [0.25, 0.3) is 6.08 Å². The minimum Gasteiger partial charge on any atom is -0.325 e. The van der Waals surface area contributed by atoms with Gasteiger partial charge in [-0.15, -0.1) is 0 Å². The fourth-order valence-electron chi connectivity index (χ4n) is 0.916. The molecular weight excluding hydrogens is 136 g/mol. The van der Waals surface area contributed by atoms with Gasteiger partial charge in [0.1, 0.15) is 0 Å². The molecule has 0 saturated heterocycles. The number of hydrogen-bond donors (Lipinski definition) is 1. The van der Waals surface area contributed by atoms with Crippen molar-refractivity contribution in [3.05, 3.63) is 35.7 Å². The van der Waals surface area contributed by atoms with Crippen LogP contribution in [0, 0.1) is 6.92 Å². The number of pyridine rings is 1. The number of nitrogens with two attached hydrogens (primary N) is 1. The molecule has 2 nitrogen and oxygen atoms in total. The summed E-state index contributed by atoms with van der Waals surface area (Å²) < 4.78 is 0. The van der Waals surface area contributed by atoms with E-state index >= 15 is 0 Å². The molecule has 0 radical (unpaired) electrons. The number of aromatic nitrogens is 1. The average Bonchev–Trinajstić information content (AvgIpc) is 2.05. The van der Waals surface area contributed by atoms with E-state index in [1.165, 1.54) is 0 Å². The summed E-state index contributed by atoms with van der Waals surface area (Å²) in [5.74, 6) is 0. The fourth-order valence-corrected chi connectivity index (χ4v) is 0.916. The minimum atomic E-state index is 0.487. The highest BCUT2D eigenvalue weighted by Crippen LogP contribution is 2.08. The molecule has 0 spiro atoms.